The van der Waals surface area contributed by atoms with Gasteiger partial charge < -0.3 is 0 Å². The molecule has 0 aromatic heterocycles. The summed E-state index contributed by atoms with van der Waals surface area (Å²) in [6, 6.07) is 9.94. The number of nitrogens with zero attached hydrogens (tertiary/aromatic N) is 1. The smallest absolute Gasteiger partial charge is 0.244 e. The zero-order chi connectivity index (χ0) is 14.2. The van der Waals surface area contributed by atoms with Gasteiger partial charge in [0.1, 0.15) is 0 Å². The molecule has 2 aliphatic rings. The minimum Gasteiger partial charge on any atom is -0.273 e. The predicted octanol–water partition coefficient (Wildman–Crippen LogP) is 3.35. The molecule has 2 fully saturated rings. The first-order valence-corrected chi connectivity index (χ1v) is 7.52. The Labute approximate surface area is 120 Å². The largest absolute Gasteiger partial charge is 0.273 e. The van der Waals surface area contributed by atoms with E-state index in [9.17, 15) is 4.79 Å². The Morgan fingerprint density at radius 2 is 2.05 bits per heavy atom. The summed E-state index contributed by atoms with van der Waals surface area (Å²) in [7, 11) is 0. The summed E-state index contributed by atoms with van der Waals surface area (Å²) < 4.78 is 0. The van der Waals surface area contributed by atoms with Gasteiger partial charge in [0.05, 0.1) is 5.71 Å². The van der Waals surface area contributed by atoms with Crippen molar-refractivity contribution in [2.24, 2.45) is 22.4 Å². The van der Waals surface area contributed by atoms with Crippen molar-refractivity contribution in [3.8, 4) is 0 Å². The number of hydrazone groups is 1. The summed E-state index contributed by atoms with van der Waals surface area (Å²) in [6.45, 7) is 4.19. The molecule has 2 aliphatic carbocycles. The Balaban J connectivity index is 1.63. The number of rotatable bonds is 3. The zero-order valence-electron chi connectivity index (χ0n) is 12.2. The lowest BCUT2D eigenvalue weighted by atomic mass is 9.90. The minimum atomic E-state index is 0.106. The van der Waals surface area contributed by atoms with E-state index in [0.29, 0.717) is 5.92 Å². The average Bonchev–Trinajstić information content (AvgIpc) is 3.11. The summed E-state index contributed by atoms with van der Waals surface area (Å²) >= 11 is 0. The van der Waals surface area contributed by atoms with Crippen molar-refractivity contribution in [1.29, 1.82) is 0 Å². The molecule has 0 heterocycles. The summed E-state index contributed by atoms with van der Waals surface area (Å²) in [5, 5.41) is 4.26. The van der Waals surface area contributed by atoms with Crippen LogP contribution in [0.1, 0.15) is 45.1 Å². The van der Waals surface area contributed by atoms with Gasteiger partial charge in [-0.25, -0.2) is 5.43 Å². The third-order valence-electron chi connectivity index (χ3n) is 5.14. The SMILES string of the molecule is CC(=NNC(=O)C1C2CCCCC21C)c1ccccc1. The van der Waals surface area contributed by atoms with Gasteiger partial charge in [-0.2, -0.15) is 5.10 Å². The van der Waals surface area contributed by atoms with Gasteiger partial charge in [0.2, 0.25) is 5.91 Å². The Morgan fingerprint density at radius 1 is 1.30 bits per heavy atom. The maximum atomic E-state index is 12.3. The van der Waals surface area contributed by atoms with Crippen LogP contribution in [0.4, 0.5) is 0 Å². The molecular weight excluding hydrogens is 248 g/mol. The Bertz CT molecular complexity index is 537. The van der Waals surface area contributed by atoms with E-state index in [1.54, 1.807) is 0 Å². The van der Waals surface area contributed by atoms with Crippen LogP contribution in [0.25, 0.3) is 0 Å². The van der Waals surface area contributed by atoms with Crippen molar-refractivity contribution in [3.63, 3.8) is 0 Å². The number of benzene rings is 1. The molecule has 3 atom stereocenters. The maximum absolute atomic E-state index is 12.3. The number of carbonyl (C=O) groups is 1. The van der Waals surface area contributed by atoms with Crippen molar-refractivity contribution < 1.29 is 4.79 Å². The highest BCUT2D eigenvalue weighted by molar-refractivity contribution is 5.99. The molecule has 3 heteroatoms. The molecule has 1 aromatic rings. The van der Waals surface area contributed by atoms with Gasteiger partial charge in [-0.05, 0) is 36.7 Å². The third kappa shape index (κ3) is 2.26. The monoisotopic (exact) mass is 270 g/mol. The normalized spacial score (nSPS) is 32.4. The highest BCUT2D eigenvalue weighted by atomic mass is 16.2. The van der Waals surface area contributed by atoms with Crippen molar-refractivity contribution in [2.75, 3.05) is 0 Å². The van der Waals surface area contributed by atoms with Crippen molar-refractivity contribution in [2.45, 2.75) is 39.5 Å². The van der Waals surface area contributed by atoms with Crippen LogP contribution < -0.4 is 5.43 Å². The van der Waals surface area contributed by atoms with E-state index < -0.39 is 0 Å². The third-order valence-corrected chi connectivity index (χ3v) is 5.14. The Hall–Kier alpha value is -1.64. The molecule has 0 bridgehead atoms. The number of amides is 1. The summed E-state index contributed by atoms with van der Waals surface area (Å²) in [5.74, 6) is 0.871. The van der Waals surface area contributed by atoms with Crippen molar-refractivity contribution >= 4 is 11.6 Å². The number of hydrogen-bond donors (Lipinski definition) is 1. The Kier molecular flexibility index (Phi) is 3.36. The first kappa shape index (κ1) is 13.3. The molecule has 20 heavy (non-hydrogen) atoms. The number of hydrogen-bond acceptors (Lipinski definition) is 2. The predicted molar refractivity (Wildman–Crippen MR) is 80.4 cm³/mol. The van der Waals surface area contributed by atoms with Crippen molar-refractivity contribution in [3.05, 3.63) is 35.9 Å². The molecule has 1 amide bonds. The number of fused-ring (bicyclic) bond motifs is 1. The van der Waals surface area contributed by atoms with Crippen LogP contribution in [0.2, 0.25) is 0 Å². The standard InChI is InChI=1S/C17H22N2O/c1-12(13-8-4-3-5-9-13)18-19-16(20)15-14-10-6-7-11-17(14,15)2/h3-5,8-9,14-15H,6-7,10-11H2,1-2H3,(H,19,20). The molecule has 3 rings (SSSR count). The van der Waals surface area contributed by atoms with E-state index in [0.717, 1.165) is 11.3 Å². The van der Waals surface area contributed by atoms with Crippen LogP contribution in [0.5, 0.6) is 0 Å². The first-order valence-electron chi connectivity index (χ1n) is 7.52. The Morgan fingerprint density at radius 3 is 2.70 bits per heavy atom. The van der Waals surface area contributed by atoms with Crippen LogP contribution in [0.3, 0.4) is 0 Å². The zero-order valence-corrected chi connectivity index (χ0v) is 12.2. The topological polar surface area (TPSA) is 41.5 Å². The highest BCUT2D eigenvalue weighted by Crippen LogP contribution is 2.66. The maximum Gasteiger partial charge on any atom is 0.244 e. The van der Waals surface area contributed by atoms with Crippen LogP contribution in [-0.4, -0.2) is 11.6 Å². The highest BCUT2D eigenvalue weighted by Gasteiger charge is 2.64. The average molecular weight is 270 g/mol. The minimum absolute atomic E-state index is 0.106. The molecule has 3 unspecified atom stereocenters. The van der Waals surface area contributed by atoms with Crippen LogP contribution in [0.15, 0.2) is 35.4 Å². The quantitative estimate of drug-likeness (QED) is 0.664. The van der Waals surface area contributed by atoms with Gasteiger partial charge in [-0.1, -0.05) is 50.1 Å². The molecular formula is C17H22N2O. The van der Waals surface area contributed by atoms with Gasteiger partial charge in [-0.3, -0.25) is 4.79 Å². The van der Waals surface area contributed by atoms with Gasteiger partial charge >= 0.3 is 0 Å². The fourth-order valence-electron chi connectivity index (χ4n) is 3.80. The molecule has 0 radical (unpaired) electrons. The van der Waals surface area contributed by atoms with Crippen LogP contribution >= 0.6 is 0 Å². The molecule has 0 aliphatic heterocycles. The van der Waals surface area contributed by atoms with E-state index in [2.05, 4.69) is 17.5 Å². The van der Waals surface area contributed by atoms with E-state index in [4.69, 9.17) is 0 Å². The summed E-state index contributed by atoms with van der Waals surface area (Å²) in [5.41, 5.74) is 4.92. The van der Waals surface area contributed by atoms with E-state index in [-0.39, 0.29) is 17.2 Å². The first-order chi connectivity index (χ1) is 9.63. The molecule has 0 saturated heterocycles. The molecule has 1 N–H and O–H groups in total. The van der Waals surface area contributed by atoms with E-state index in [1.165, 1.54) is 25.7 Å². The summed E-state index contributed by atoms with van der Waals surface area (Å²) in [6.07, 6.45) is 4.94. The molecule has 1 aromatic carbocycles. The second-order valence-corrected chi connectivity index (χ2v) is 6.38. The van der Waals surface area contributed by atoms with Gasteiger partial charge in [0.25, 0.3) is 0 Å². The molecule has 2 saturated carbocycles. The van der Waals surface area contributed by atoms with E-state index >= 15 is 0 Å². The second-order valence-electron chi connectivity index (χ2n) is 6.38. The fourth-order valence-corrected chi connectivity index (χ4v) is 3.80. The second kappa shape index (κ2) is 5.04. The number of nitrogens with one attached hydrogen (secondary N) is 1. The van der Waals surface area contributed by atoms with Crippen LogP contribution in [0, 0.1) is 17.3 Å². The lowest BCUT2D eigenvalue weighted by molar-refractivity contribution is -0.123. The number of carbonyl (C=O) groups excluding carboxylic acids is 1. The fraction of sp³-hybridized carbons (Fsp3) is 0.529. The molecule has 3 nitrogen and oxygen atoms in total. The van der Waals surface area contributed by atoms with Gasteiger partial charge in [0.15, 0.2) is 0 Å². The van der Waals surface area contributed by atoms with E-state index in [1.807, 2.05) is 37.3 Å². The lowest BCUT2D eigenvalue weighted by Gasteiger charge is -2.15. The summed E-state index contributed by atoms with van der Waals surface area (Å²) in [4.78, 5) is 12.3. The molecule has 106 valence electrons. The molecule has 0 spiro atoms. The van der Waals surface area contributed by atoms with Gasteiger partial charge in [-0.15, -0.1) is 0 Å². The van der Waals surface area contributed by atoms with Crippen molar-refractivity contribution in [1.82, 2.24) is 5.43 Å². The van der Waals surface area contributed by atoms with Gasteiger partial charge in [0, 0.05) is 5.92 Å². The van der Waals surface area contributed by atoms with Crippen LogP contribution in [-0.2, 0) is 4.79 Å². The lowest BCUT2D eigenvalue weighted by Crippen LogP contribution is -2.23.